The number of ether oxygens (including phenoxy) is 1. The number of esters is 1. The van der Waals surface area contributed by atoms with Crippen molar-refractivity contribution in [2.75, 3.05) is 26.2 Å². The van der Waals surface area contributed by atoms with E-state index in [1.807, 2.05) is 48.1 Å². The first-order chi connectivity index (χ1) is 13.2. The SMILES string of the molecule is CCOC(=O)C1CCN(C(=O)NCCc2ccc(-n3cccn3)cc2)CC1. The van der Waals surface area contributed by atoms with E-state index in [4.69, 9.17) is 4.74 Å². The molecule has 1 N–H and O–H groups in total. The number of hydrogen-bond donors (Lipinski definition) is 1. The standard InChI is InChI=1S/C20H26N4O3/c1-2-27-19(25)17-9-14-23(15-10-17)20(26)21-12-8-16-4-6-18(7-5-16)24-13-3-11-22-24/h3-7,11,13,17H,2,8-10,12,14-15H2,1H3,(H,21,26). The first kappa shape index (κ1) is 18.9. The zero-order chi connectivity index (χ0) is 19.1. The number of nitrogens with one attached hydrogen (secondary N) is 1. The van der Waals surface area contributed by atoms with E-state index in [0.29, 0.717) is 39.1 Å². The summed E-state index contributed by atoms with van der Waals surface area (Å²) < 4.78 is 6.87. The van der Waals surface area contributed by atoms with E-state index in [-0.39, 0.29) is 17.9 Å². The molecule has 0 unspecified atom stereocenters. The summed E-state index contributed by atoms with van der Waals surface area (Å²) in [5.74, 6) is -0.224. The molecule has 3 rings (SSSR count). The maximum atomic E-state index is 12.3. The van der Waals surface area contributed by atoms with Gasteiger partial charge in [0, 0.05) is 32.0 Å². The molecule has 1 aliphatic rings. The highest BCUT2D eigenvalue weighted by Gasteiger charge is 2.27. The van der Waals surface area contributed by atoms with E-state index in [1.165, 1.54) is 0 Å². The highest BCUT2D eigenvalue weighted by Crippen LogP contribution is 2.18. The topological polar surface area (TPSA) is 76.5 Å². The average Bonchev–Trinajstić information content (AvgIpc) is 3.23. The van der Waals surface area contributed by atoms with Crippen molar-refractivity contribution in [3.63, 3.8) is 0 Å². The second-order valence-corrected chi connectivity index (χ2v) is 6.61. The number of likely N-dealkylation sites (tertiary alicyclic amines) is 1. The van der Waals surface area contributed by atoms with Crippen molar-refractivity contribution < 1.29 is 14.3 Å². The normalized spacial score (nSPS) is 14.8. The van der Waals surface area contributed by atoms with Gasteiger partial charge in [0.05, 0.1) is 18.2 Å². The van der Waals surface area contributed by atoms with Gasteiger partial charge in [-0.3, -0.25) is 4.79 Å². The van der Waals surface area contributed by atoms with Crippen LogP contribution in [0.15, 0.2) is 42.7 Å². The summed E-state index contributed by atoms with van der Waals surface area (Å²) in [4.78, 5) is 25.8. The monoisotopic (exact) mass is 370 g/mol. The van der Waals surface area contributed by atoms with Gasteiger partial charge in [0.25, 0.3) is 0 Å². The molecule has 0 spiro atoms. The van der Waals surface area contributed by atoms with E-state index in [2.05, 4.69) is 10.4 Å². The lowest BCUT2D eigenvalue weighted by Crippen LogP contribution is -2.46. The second-order valence-electron chi connectivity index (χ2n) is 6.61. The molecular weight excluding hydrogens is 344 g/mol. The van der Waals surface area contributed by atoms with Gasteiger partial charge in [-0.1, -0.05) is 12.1 Å². The van der Waals surface area contributed by atoms with Crippen LogP contribution in [0.4, 0.5) is 4.79 Å². The van der Waals surface area contributed by atoms with Crippen molar-refractivity contribution >= 4 is 12.0 Å². The molecule has 7 nitrogen and oxygen atoms in total. The molecule has 0 saturated carbocycles. The molecule has 1 fully saturated rings. The number of amides is 2. The van der Waals surface area contributed by atoms with Crippen molar-refractivity contribution in [2.24, 2.45) is 5.92 Å². The van der Waals surface area contributed by atoms with Gasteiger partial charge in [-0.25, -0.2) is 9.48 Å². The Morgan fingerprint density at radius 2 is 1.96 bits per heavy atom. The van der Waals surface area contributed by atoms with Crippen LogP contribution in [0.2, 0.25) is 0 Å². The number of nitrogens with zero attached hydrogens (tertiary/aromatic N) is 3. The molecule has 7 heteroatoms. The number of hydrogen-bond acceptors (Lipinski definition) is 4. The molecule has 1 saturated heterocycles. The van der Waals surface area contributed by atoms with Crippen molar-refractivity contribution in [3.8, 4) is 5.69 Å². The van der Waals surface area contributed by atoms with Gasteiger partial charge < -0.3 is 15.0 Å². The largest absolute Gasteiger partial charge is 0.466 e. The van der Waals surface area contributed by atoms with Crippen LogP contribution in [0.3, 0.4) is 0 Å². The lowest BCUT2D eigenvalue weighted by Gasteiger charge is -2.30. The first-order valence-electron chi connectivity index (χ1n) is 9.45. The average molecular weight is 370 g/mol. The number of aromatic nitrogens is 2. The fourth-order valence-corrected chi connectivity index (χ4v) is 3.24. The molecule has 2 amide bonds. The summed E-state index contributed by atoms with van der Waals surface area (Å²) in [5, 5.41) is 7.17. The molecular formula is C20H26N4O3. The van der Waals surface area contributed by atoms with Crippen molar-refractivity contribution in [1.29, 1.82) is 0 Å². The van der Waals surface area contributed by atoms with E-state index in [9.17, 15) is 9.59 Å². The van der Waals surface area contributed by atoms with Gasteiger partial charge in [-0.2, -0.15) is 5.10 Å². The molecule has 0 aliphatic carbocycles. The van der Waals surface area contributed by atoms with E-state index < -0.39 is 0 Å². The summed E-state index contributed by atoms with van der Waals surface area (Å²) >= 11 is 0. The van der Waals surface area contributed by atoms with E-state index in [1.54, 1.807) is 11.1 Å². The molecule has 1 aliphatic heterocycles. The predicted molar refractivity (Wildman–Crippen MR) is 102 cm³/mol. The molecule has 1 aromatic heterocycles. The smallest absolute Gasteiger partial charge is 0.317 e. The lowest BCUT2D eigenvalue weighted by atomic mass is 9.97. The minimum absolute atomic E-state index is 0.0644. The van der Waals surface area contributed by atoms with Gasteiger partial charge in [0.2, 0.25) is 0 Å². The fourth-order valence-electron chi connectivity index (χ4n) is 3.24. The molecule has 0 atom stereocenters. The maximum Gasteiger partial charge on any atom is 0.317 e. The third kappa shape index (κ3) is 5.09. The second kappa shape index (κ2) is 9.21. The van der Waals surface area contributed by atoms with Crippen LogP contribution in [0.25, 0.3) is 5.69 Å². The Kier molecular flexibility index (Phi) is 6.46. The maximum absolute atomic E-state index is 12.3. The van der Waals surface area contributed by atoms with Crippen molar-refractivity contribution in [3.05, 3.63) is 48.3 Å². The van der Waals surface area contributed by atoms with E-state index in [0.717, 1.165) is 17.7 Å². The summed E-state index contributed by atoms with van der Waals surface area (Å²) in [6.07, 6.45) is 5.76. The van der Waals surface area contributed by atoms with Crippen LogP contribution in [-0.4, -0.2) is 52.9 Å². The number of urea groups is 1. The zero-order valence-corrected chi connectivity index (χ0v) is 15.6. The Morgan fingerprint density at radius 1 is 1.22 bits per heavy atom. The van der Waals surface area contributed by atoms with Gasteiger partial charge in [-0.15, -0.1) is 0 Å². The first-order valence-corrected chi connectivity index (χ1v) is 9.45. The van der Waals surface area contributed by atoms with Crippen molar-refractivity contribution in [1.82, 2.24) is 20.0 Å². The molecule has 0 bridgehead atoms. The van der Waals surface area contributed by atoms with Gasteiger partial charge in [-0.05, 0) is 49.9 Å². The summed E-state index contributed by atoms with van der Waals surface area (Å²) in [6.45, 7) is 3.98. The third-order valence-corrected chi connectivity index (χ3v) is 4.80. The highest BCUT2D eigenvalue weighted by atomic mass is 16.5. The summed E-state index contributed by atoms with van der Waals surface area (Å²) in [7, 11) is 0. The third-order valence-electron chi connectivity index (χ3n) is 4.80. The Morgan fingerprint density at radius 3 is 2.59 bits per heavy atom. The van der Waals surface area contributed by atoms with Gasteiger partial charge in [0.15, 0.2) is 0 Å². The molecule has 2 aromatic rings. The molecule has 1 aromatic carbocycles. The molecule has 0 radical (unpaired) electrons. The number of carbonyl (C=O) groups is 2. The summed E-state index contributed by atoms with van der Waals surface area (Å²) in [5.41, 5.74) is 2.17. The Hall–Kier alpha value is -2.83. The van der Waals surface area contributed by atoms with Crippen LogP contribution in [0.1, 0.15) is 25.3 Å². The predicted octanol–water partition coefficient (Wildman–Crippen LogP) is 2.40. The zero-order valence-electron chi connectivity index (χ0n) is 15.6. The Labute approximate surface area is 159 Å². The lowest BCUT2D eigenvalue weighted by molar-refractivity contribution is -0.149. The van der Waals surface area contributed by atoms with Crippen molar-refractivity contribution in [2.45, 2.75) is 26.2 Å². The Bertz CT molecular complexity index is 735. The number of rotatable bonds is 6. The van der Waals surface area contributed by atoms with Crippen LogP contribution in [-0.2, 0) is 16.0 Å². The number of benzene rings is 1. The number of carbonyl (C=O) groups excluding carboxylic acids is 2. The molecule has 27 heavy (non-hydrogen) atoms. The molecule has 2 heterocycles. The molecule has 144 valence electrons. The van der Waals surface area contributed by atoms with Gasteiger partial charge >= 0.3 is 12.0 Å². The van der Waals surface area contributed by atoms with E-state index >= 15 is 0 Å². The quantitative estimate of drug-likeness (QED) is 0.792. The fraction of sp³-hybridized carbons (Fsp3) is 0.450. The Balaban J connectivity index is 1.39. The minimum Gasteiger partial charge on any atom is -0.466 e. The van der Waals surface area contributed by atoms with Crippen LogP contribution in [0.5, 0.6) is 0 Å². The van der Waals surface area contributed by atoms with Gasteiger partial charge in [0.1, 0.15) is 0 Å². The van der Waals surface area contributed by atoms with Crippen LogP contribution < -0.4 is 5.32 Å². The van der Waals surface area contributed by atoms with Crippen LogP contribution in [0, 0.1) is 5.92 Å². The number of piperidine rings is 1. The summed E-state index contributed by atoms with van der Waals surface area (Å²) in [6, 6.07) is 9.96. The van der Waals surface area contributed by atoms with Crippen LogP contribution >= 0.6 is 0 Å². The highest BCUT2D eigenvalue weighted by molar-refractivity contribution is 5.76. The minimum atomic E-state index is -0.142.